The summed E-state index contributed by atoms with van der Waals surface area (Å²) < 4.78 is 27.3. The molecule has 0 aromatic carbocycles. The monoisotopic (exact) mass is 203 g/mol. The lowest BCUT2D eigenvalue weighted by atomic mass is 9.99. The summed E-state index contributed by atoms with van der Waals surface area (Å²) in [4.78, 5) is 0.196. The number of hydrogen-bond donors (Lipinski definition) is 1. The van der Waals surface area contributed by atoms with Crippen LogP contribution in [0.3, 0.4) is 0 Å². The zero-order chi connectivity index (χ0) is 9.31. The number of halogens is 2. The minimum Gasteiger partial charge on any atom is -0.316 e. The molecule has 4 heteroatoms. The molecule has 72 valence electrons. The van der Waals surface area contributed by atoms with Crippen LogP contribution in [-0.2, 0) is 5.92 Å². The van der Waals surface area contributed by atoms with Gasteiger partial charge in [0.15, 0.2) is 0 Å². The summed E-state index contributed by atoms with van der Waals surface area (Å²) in [6.07, 6.45) is 0.574. The van der Waals surface area contributed by atoms with Crippen molar-refractivity contribution in [3.8, 4) is 0 Å². The lowest BCUT2D eigenvalue weighted by Gasteiger charge is -2.20. The van der Waals surface area contributed by atoms with Crippen LogP contribution in [0, 0.1) is 5.92 Å². The van der Waals surface area contributed by atoms with Gasteiger partial charge in [-0.1, -0.05) is 6.07 Å². The van der Waals surface area contributed by atoms with Gasteiger partial charge in [-0.25, -0.2) is 8.78 Å². The van der Waals surface area contributed by atoms with Crippen LogP contribution in [-0.4, -0.2) is 13.1 Å². The molecule has 0 radical (unpaired) electrons. The molecule has 1 saturated heterocycles. The normalized spacial score (nSPS) is 23.7. The molecular formula is C9H11F2NS. The highest BCUT2D eigenvalue weighted by atomic mass is 32.1. The molecule has 1 aliphatic heterocycles. The van der Waals surface area contributed by atoms with Crippen molar-refractivity contribution in [2.24, 2.45) is 5.92 Å². The minimum atomic E-state index is -2.64. The zero-order valence-corrected chi connectivity index (χ0v) is 7.91. The SMILES string of the molecule is FC(F)(c1cccs1)C1CCNC1. The van der Waals surface area contributed by atoms with Crippen LogP contribution in [0.4, 0.5) is 8.78 Å². The Hall–Kier alpha value is -0.480. The second-order valence-corrected chi connectivity index (χ2v) is 4.24. The van der Waals surface area contributed by atoms with E-state index < -0.39 is 11.8 Å². The number of rotatable bonds is 2. The number of alkyl halides is 2. The average Bonchev–Trinajstić information content (AvgIpc) is 2.78. The van der Waals surface area contributed by atoms with Crippen LogP contribution >= 0.6 is 11.3 Å². The van der Waals surface area contributed by atoms with Gasteiger partial charge >= 0.3 is 0 Å². The summed E-state index contributed by atoms with van der Waals surface area (Å²) >= 11 is 1.14. The third-order valence-corrected chi connectivity index (χ3v) is 3.38. The van der Waals surface area contributed by atoms with Crippen molar-refractivity contribution in [3.05, 3.63) is 22.4 Å². The van der Waals surface area contributed by atoms with E-state index in [1.165, 1.54) is 6.07 Å². The minimum absolute atomic E-state index is 0.196. The Morgan fingerprint density at radius 2 is 2.38 bits per heavy atom. The van der Waals surface area contributed by atoms with Gasteiger partial charge in [-0.05, 0) is 24.4 Å². The second-order valence-electron chi connectivity index (χ2n) is 3.29. The molecule has 1 aromatic heterocycles. The molecule has 1 atom stereocenters. The van der Waals surface area contributed by atoms with Crippen molar-refractivity contribution in [3.63, 3.8) is 0 Å². The molecule has 0 spiro atoms. The van der Waals surface area contributed by atoms with Crippen LogP contribution in [0.25, 0.3) is 0 Å². The molecule has 1 unspecified atom stereocenters. The second kappa shape index (κ2) is 3.35. The Morgan fingerprint density at radius 1 is 1.54 bits per heavy atom. The van der Waals surface area contributed by atoms with Crippen LogP contribution in [0.15, 0.2) is 17.5 Å². The molecule has 0 bridgehead atoms. The molecular weight excluding hydrogens is 192 g/mol. The lowest BCUT2D eigenvalue weighted by Crippen LogP contribution is -2.26. The molecule has 13 heavy (non-hydrogen) atoms. The van der Waals surface area contributed by atoms with E-state index in [0.29, 0.717) is 19.5 Å². The maximum absolute atomic E-state index is 13.7. The number of hydrogen-bond acceptors (Lipinski definition) is 2. The fourth-order valence-corrected chi connectivity index (χ4v) is 2.42. The third-order valence-electron chi connectivity index (χ3n) is 2.42. The van der Waals surface area contributed by atoms with E-state index in [2.05, 4.69) is 5.32 Å². The van der Waals surface area contributed by atoms with Gasteiger partial charge in [-0.3, -0.25) is 0 Å². The van der Waals surface area contributed by atoms with E-state index in [9.17, 15) is 8.78 Å². The number of nitrogens with one attached hydrogen (secondary N) is 1. The predicted molar refractivity (Wildman–Crippen MR) is 49.2 cm³/mol. The van der Waals surface area contributed by atoms with E-state index in [1.807, 2.05) is 0 Å². The third kappa shape index (κ3) is 1.60. The van der Waals surface area contributed by atoms with Gasteiger partial charge in [0.25, 0.3) is 5.92 Å². The molecule has 0 saturated carbocycles. The first kappa shape index (κ1) is 9.09. The van der Waals surface area contributed by atoms with E-state index in [-0.39, 0.29) is 4.88 Å². The van der Waals surface area contributed by atoms with Crippen molar-refractivity contribution in [1.29, 1.82) is 0 Å². The summed E-state index contributed by atoms with van der Waals surface area (Å²) in [5, 5.41) is 4.67. The molecule has 1 aliphatic rings. The first-order chi connectivity index (χ1) is 6.21. The fraction of sp³-hybridized carbons (Fsp3) is 0.556. The van der Waals surface area contributed by atoms with Gasteiger partial charge in [0.05, 0.1) is 4.88 Å². The molecule has 2 rings (SSSR count). The highest BCUT2D eigenvalue weighted by molar-refractivity contribution is 7.10. The van der Waals surface area contributed by atoms with Gasteiger partial charge in [0.1, 0.15) is 0 Å². The fourth-order valence-electron chi connectivity index (χ4n) is 1.63. The van der Waals surface area contributed by atoms with Crippen LogP contribution in [0.2, 0.25) is 0 Å². The molecule has 0 aliphatic carbocycles. The number of thiophene rings is 1. The van der Waals surface area contributed by atoms with Crippen molar-refractivity contribution < 1.29 is 8.78 Å². The molecule has 1 fully saturated rings. The predicted octanol–water partition coefficient (Wildman–Crippen LogP) is 2.45. The van der Waals surface area contributed by atoms with Crippen molar-refractivity contribution in [2.45, 2.75) is 12.3 Å². The highest BCUT2D eigenvalue weighted by Crippen LogP contribution is 2.40. The lowest BCUT2D eigenvalue weighted by molar-refractivity contribution is -0.0540. The largest absolute Gasteiger partial charge is 0.316 e. The standard InChI is InChI=1S/C9H11F2NS/c10-9(11,7-3-4-12-6-7)8-2-1-5-13-8/h1-2,5,7,12H,3-4,6H2. The first-order valence-electron chi connectivity index (χ1n) is 4.34. The Bertz CT molecular complexity index is 265. The molecule has 1 nitrogen and oxygen atoms in total. The first-order valence-corrected chi connectivity index (χ1v) is 5.22. The highest BCUT2D eigenvalue weighted by Gasteiger charge is 2.43. The van der Waals surface area contributed by atoms with Gasteiger partial charge < -0.3 is 5.32 Å². The summed E-state index contributed by atoms with van der Waals surface area (Å²) in [6.45, 7) is 1.15. The Balaban J connectivity index is 2.19. The Labute approximate surface area is 79.8 Å². The quantitative estimate of drug-likeness (QED) is 0.778. The smallest absolute Gasteiger partial charge is 0.286 e. The van der Waals surface area contributed by atoms with Gasteiger partial charge in [0.2, 0.25) is 0 Å². The van der Waals surface area contributed by atoms with E-state index in [4.69, 9.17) is 0 Å². The van der Waals surface area contributed by atoms with E-state index in [1.54, 1.807) is 11.4 Å². The molecule has 1 aromatic rings. The summed E-state index contributed by atoms with van der Waals surface area (Å²) in [5.74, 6) is -3.16. The molecule has 0 amide bonds. The van der Waals surface area contributed by atoms with Crippen LogP contribution < -0.4 is 5.32 Å². The maximum atomic E-state index is 13.7. The Morgan fingerprint density at radius 3 is 2.92 bits per heavy atom. The average molecular weight is 203 g/mol. The zero-order valence-electron chi connectivity index (χ0n) is 7.09. The van der Waals surface area contributed by atoms with Crippen molar-refractivity contribution >= 4 is 11.3 Å². The topological polar surface area (TPSA) is 12.0 Å². The van der Waals surface area contributed by atoms with E-state index in [0.717, 1.165) is 11.3 Å². The summed E-state index contributed by atoms with van der Waals surface area (Å²) in [7, 11) is 0. The van der Waals surface area contributed by atoms with Crippen molar-refractivity contribution in [2.75, 3.05) is 13.1 Å². The van der Waals surface area contributed by atoms with Gasteiger partial charge in [-0.2, -0.15) is 0 Å². The molecule has 2 heterocycles. The van der Waals surface area contributed by atoms with Gasteiger partial charge in [-0.15, -0.1) is 11.3 Å². The molecule has 1 N–H and O–H groups in total. The van der Waals surface area contributed by atoms with Crippen LogP contribution in [0.1, 0.15) is 11.3 Å². The van der Waals surface area contributed by atoms with Gasteiger partial charge in [0, 0.05) is 12.5 Å². The van der Waals surface area contributed by atoms with Crippen molar-refractivity contribution in [1.82, 2.24) is 5.32 Å². The maximum Gasteiger partial charge on any atom is 0.286 e. The summed E-state index contributed by atoms with van der Waals surface area (Å²) in [5.41, 5.74) is 0. The van der Waals surface area contributed by atoms with Crippen LogP contribution in [0.5, 0.6) is 0 Å². The van der Waals surface area contributed by atoms with E-state index >= 15 is 0 Å². The Kier molecular flexibility index (Phi) is 2.34. The summed E-state index contributed by atoms with van der Waals surface area (Å²) in [6, 6.07) is 3.19.